The molecule has 0 spiro atoms. The summed E-state index contributed by atoms with van der Waals surface area (Å²) in [4.78, 5) is 23.4. The third-order valence-electron chi connectivity index (χ3n) is 4.51. The molecule has 3 aromatic rings. The summed E-state index contributed by atoms with van der Waals surface area (Å²) in [5.74, 6) is 0.787. The second-order valence-corrected chi connectivity index (χ2v) is 7.35. The van der Waals surface area contributed by atoms with Crippen molar-refractivity contribution in [1.29, 1.82) is 0 Å². The number of rotatable bonds is 3. The minimum Gasteiger partial charge on any atom is -0.337 e. The van der Waals surface area contributed by atoms with E-state index < -0.39 is 0 Å². The smallest absolute Gasteiger partial charge is 0.254 e. The average molecular weight is 499 g/mol. The molecule has 2 aromatic heterocycles. The monoisotopic (exact) mass is 498 g/mol. The summed E-state index contributed by atoms with van der Waals surface area (Å²) >= 11 is 2.24. The van der Waals surface area contributed by atoms with Crippen molar-refractivity contribution in [1.82, 2.24) is 24.6 Å². The summed E-state index contributed by atoms with van der Waals surface area (Å²) in [5, 5.41) is 6.58. The number of aryl methyl sites for hydroxylation is 1. The van der Waals surface area contributed by atoms with Gasteiger partial charge in [0.2, 0.25) is 0 Å². The summed E-state index contributed by atoms with van der Waals surface area (Å²) in [6.45, 7) is 5.17. The molecule has 9 heteroatoms. The van der Waals surface area contributed by atoms with Gasteiger partial charge in [0.25, 0.3) is 5.91 Å². The third kappa shape index (κ3) is 4.02. The lowest BCUT2D eigenvalue weighted by atomic mass is 10.1. The Bertz CT molecular complexity index is 970. The van der Waals surface area contributed by atoms with Crippen LogP contribution in [0.2, 0.25) is 0 Å². The van der Waals surface area contributed by atoms with Crippen molar-refractivity contribution < 1.29 is 4.79 Å². The maximum atomic E-state index is 12.7. The lowest BCUT2D eigenvalue weighted by molar-refractivity contribution is 0.0735. The molecule has 2 N–H and O–H groups in total. The van der Waals surface area contributed by atoms with Gasteiger partial charge >= 0.3 is 0 Å². The fourth-order valence-electron chi connectivity index (χ4n) is 3.13. The first-order valence-electron chi connectivity index (χ1n) is 8.49. The van der Waals surface area contributed by atoms with E-state index in [1.54, 1.807) is 6.20 Å². The molecule has 3 heterocycles. The van der Waals surface area contributed by atoms with Gasteiger partial charge in [-0.1, -0.05) is 0 Å². The number of carbonyl (C=O) groups is 1. The van der Waals surface area contributed by atoms with E-state index in [0.29, 0.717) is 5.82 Å². The standard InChI is InChI=1S/C18H19IN6O.ClH/c1-12-10-13(2-3-14(12)18(26)24-7-4-20-5-8-24)23-16-17-22-11-15(19)25(17)9-6-21-16;/h2-3,6,9-11,20H,4-5,7-8H2,1H3,(H,21,23);1H. The highest BCUT2D eigenvalue weighted by Gasteiger charge is 2.19. The first kappa shape index (κ1) is 19.8. The molecule has 142 valence electrons. The molecule has 1 saturated heterocycles. The van der Waals surface area contributed by atoms with Crippen LogP contribution < -0.4 is 10.6 Å². The second-order valence-electron chi connectivity index (χ2n) is 6.25. The molecule has 4 rings (SSSR count). The molecule has 27 heavy (non-hydrogen) atoms. The highest BCUT2D eigenvalue weighted by molar-refractivity contribution is 14.1. The van der Waals surface area contributed by atoms with Gasteiger partial charge in [0.15, 0.2) is 11.5 Å². The van der Waals surface area contributed by atoms with Crippen LogP contribution in [0.4, 0.5) is 11.5 Å². The number of imidazole rings is 1. The maximum absolute atomic E-state index is 12.7. The fraction of sp³-hybridized carbons (Fsp3) is 0.278. The van der Waals surface area contributed by atoms with Crippen LogP contribution in [0, 0.1) is 10.6 Å². The van der Waals surface area contributed by atoms with Crippen molar-refractivity contribution in [2.24, 2.45) is 0 Å². The summed E-state index contributed by atoms with van der Waals surface area (Å²) in [7, 11) is 0. The van der Waals surface area contributed by atoms with Crippen molar-refractivity contribution in [3.63, 3.8) is 0 Å². The molecule has 1 aromatic carbocycles. The number of hydrogen-bond acceptors (Lipinski definition) is 5. The Morgan fingerprint density at radius 2 is 2.04 bits per heavy atom. The number of carbonyl (C=O) groups excluding carboxylic acids is 1. The number of fused-ring (bicyclic) bond motifs is 1. The largest absolute Gasteiger partial charge is 0.337 e. The minimum atomic E-state index is 0. The topological polar surface area (TPSA) is 74.6 Å². The van der Waals surface area contributed by atoms with Crippen LogP contribution in [-0.4, -0.2) is 51.4 Å². The molecule has 0 radical (unpaired) electrons. The van der Waals surface area contributed by atoms with E-state index in [1.807, 2.05) is 46.8 Å². The zero-order valence-corrected chi connectivity index (χ0v) is 17.7. The molecular formula is C18H20ClIN6O. The van der Waals surface area contributed by atoms with E-state index in [4.69, 9.17) is 0 Å². The zero-order chi connectivity index (χ0) is 18.1. The van der Waals surface area contributed by atoms with Crippen LogP contribution in [0.3, 0.4) is 0 Å². The van der Waals surface area contributed by atoms with Crippen molar-refractivity contribution >= 4 is 58.1 Å². The lowest BCUT2D eigenvalue weighted by Gasteiger charge is -2.28. The van der Waals surface area contributed by atoms with Gasteiger partial charge in [-0.2, -0.15) is 0 Å². The number of nitrogens with one attached hydrogen (secondary N) is 2. The van der Waals surface area contributed by atoms with E-state index in [0.717, 1.165) is 52.3 Å². The van der Waals surface area contributed by atoms with Gasteiger partial charge in [0, 0.05) is 49.8 Å². The third-order valence-corrected chi connectivity index (χ3v) is 5.30. The molecule has 7 nitrogen and oxygen atoms in total. The molecule has 0 unspecified atom stereocenters. The van der Waals surface area contributed by atoms with E-state index in [2.05, 4.69) is 43.2 Å². The van der Waals surface area contributed by atoms with Crippen LogP contribution in [0.5, 0.6) is 0 Å². The van der Waals surface area contributed by atoms with Crippen LogP contribution in [0.25, 0.3) is 5.65 Å². The van der Waals surface area contributed by atoms with E-state index >= 15 is 0 Å². The summed E-state index contributed by atoms with van der Waals surface area (Å²) < 4.78 is 3.00. The normalized spacial score (nSPS) is 14.1. The van der Waals surface area contributed by atoms with Gasteiger partial charge in [-0.05, 0) is 53.3 Å². The predicted octanol–water partition coefficient (Wildman–Crippen LogP) is 2.85. The SMILES string of the molecule is Cc1cc(Nc2nccn3c(I)cnc23)ccc1C(=O)N1CCNCC1.Cl. The van der Waals surface area contributed by atoms with Gasteiger partial charge in [0.05, 0.1) is 6.20 Å². The number of nitrogens with zero attached hydrogens (tertiary/aromatic N) is 4. The van der Waals surface area contributed by atoms with Crippen LogP contribution in [0.1, 0.15) is 15.9 Å². The van der Waals surface area contributed by atoms with E-state index in [-0.39, 0.29) is 18.3 Å². The highest BCUT2D eigenvalue weighted by atomic mass is 127. The second kappa shape index (κ2) is 8.41. The van der Waals surface area contributed by atoms with Gasteiger partial charge in [-0.15, -0.1) is 12.4 Å². The molecule has 1 fully saturated rings. The van der Waals surface area contributed by atoms with Gasteiger partial charge < -0.3 is 15.5 Å². The van der Waals surface area contributed by atoms with Gasteiger partial charge in [-0.25, -0.2) is 9.97 Å². The first-order valence-corrected chi connectivity index (χ1v) is 9.56. The molecule has 0 aliphatic carbocycles. The Hall–Kier alpha value is -1.91. The molecular weight excluding hydrogens is 479 g/mol. The maximum Gasteiger partial charge on any atom is 0.254 e. The quantitative estimate of drug-likeness (QED) is 0.543. The first-order chi connectivity index (χ1) is 12.6. The highest BCUT2D eigenvalue weighted by Crippen LogP contribution is 2.23. The average Bonchev–Trinajstić information content (AvgIpc) is 3.04. The van der Waals surface area contributed by atoms with Crippen molar-refractivity contribution in [3.05, 3.63) is 51.6 Å². The van der Waals surface area contributed by atoms with Crippen molar-refractivity contribution in [3.8, 4) is 0 Å². The number of hydrogen-bond donors (Lipinski definition) is 2. The molecule has 0 saturated carbocycles. The summed E-state index contributed by atoms with van der Waals surface area (Å²) in [6.07, 6.45) is 5.44. The Labute approximate surface area is 177 Å². The van der Waals surface area contributed by atoms with Crippen molar-refractivity contribution in [2.45, 2.75) is 6.92 Å². The van der Waals surface area contributed by atoms with Crippen molar-refractivity contribution in [2.75, 3.05) is 31.5 Å². The number of piperazine rings is 1. The summed E-state index contributed by atoms with van der Waals surface area (Å²) in [6, 6.07) is 5.79. The minimum absolute atomic E-state index is 0. The number of anilines is 2. The van der Waals surface area contributed by atoms with Gasteiger partial charge in [-0.3, -0.25) is 9.20 Å². The predicted molar refractivity (Wildman–Crippen MR) is 116 cm³/mol. The number of amides is 1. The number of benzene rings is 1. The van der Waals surface area contributed by atoms with E-state index in [1.165, 1.54) is 0 Å². The zero-order valence-electron chi connectivity index (χ0n) is 14.8. The Morgan fingerprint density at radius 1 is 1.26 bits per heavy atom. The molecule has 0 atom stereocenters. The fourth-order valence-corrected chi connectivity index (χ4v) is 3.66. The molecule has 0 bridgehead atoms. The van der Waals surface area contributed by atoms with Crippen LogP contribution in [-0.2, 0) is 0 Å². The van der Waals surface area contributed by atoms with E-state index in [9.17, 15) is 4.79 Å². The molecule has 1 amide bonds. The lowest BCUT2D eigenvalue weighted by Crippen LogP contribution is -2.46. The molecule has 1 aliphatic rings. The van der Waals surface area contributed by atoms with Crippen LogP contribution in [0.15, 0.2) is 36.8 Å². The van der Waals surface area contributed by atoms with Crippen LogP contribution >= 0.6 is 35.0 Å². The van der Waals surface area contributed by atoms with Gasteiger partial charge in [0.1, 0.15) is 3.70 Å². The molecule has 1 aliphatic heterocycles. The number of halogens is 2. The Balaban J connectivity index is 0.00000210. The Kier molecular flexibility index (Phi) is 6.18. The number of aromatic nitrogens is 3. The summed E-state index contributed by atoms with van der Waals surface area (Å²) in [5.41, 5.74) is 3.36. The Morgan fingerprint density at radius 3 is 2.78 bits per heavy atom.